The number of phosphoric ester groups is 1. The number of hydrogen-bond acceptors (Lipinski definition) is 9. The Morgan fingerprint density at radius 2 is 0.424 bits per heavy atom. The molecule has 0 aromatic rings. The van der Waals surface area contributed by atoms with Crippen molar-refractivity contribution in [1.29, 1.82) is 0 Å². The molecule has 0 aromatic carbocycles. The van der Waals surface area contributed by atoms with Gasteiger partial charge in [0.1, 0.15) is 0 Å². The van der Waals surface area contributed by atoms with Crippen LogP contribution in [-0.4, -0.2) is 97.4 Å². The second kappa shape index (κ2) is 52.2. The molecule has 59 heavy (non-hydrogen) atoms. The molecule has 10 nitrogen and oxygen atoms in total. The molecule has 0 saturated heterocycles. The van der Waals surface area contributed by atoms with Gasteiger partial charge in [-0.25, -0.2) is 4.57 Å². The fourth-order valence-electron chi connectivity index (χ4n) is 7.05. The minimum absolute atomic E-state index is 0.0492. The predicted molar refractivity (Wildman–Crippen MR) is 246 cm³/mol. The summed E-state index contributed by atoms with van der Waals surface area (Å²) in [5.41, 5.74) is 0. The summed E-state index contributed by atoms with van der Waals surface area (Å²) in [6.07, 6.45) is 43.8. The molecular weight excluding hydrogens is 767 g/mol. The summed E-state index contributed by atoms with van der Waals surface area (Å²) in [6, 6.07) is 0. The van der Waals surface area contributed by atoms with E-state index in [1.807, 2.05) is 0 Å². The highest BCUT2D eigenvalue weighted by Gasteiger charge is 2.20. The SMILES string of the molecule is CCCCCCCCCCCCCCCCCCOCCOCCOCCOP(=O)(O)OCCOCCOCCOCCCCCCCCCCCCCCCCCC. The van der Waals surface area contributed by atoms with Crippen LogP contribution in [-0.2, 0) is 42.0 Å². The van der Waals surface area contributed by atoms with Crippen LogP contribution in [0.4, 0.5) is 0 Å². The molecule has 0 unspecified atom stereocenters. The predicted octanol–water partition coefficient (Wildman–Crippen LogP) is 13.7. The summed E-state index contributed by atoms with van der Waals surface area (Å²) in [5, 5.41) is 0. The zero-order valence-corrected chi connectivity index (χ0v) is 40.0. The number of ether oxygens (including phenoxy) is 6. The molecule has 0 aliphatic rings. The average molecular weight is 867 g/mol. The van der Waals surface area contributed by atoms with E-state index in [2.05, 4.69) is 13.8 Å². The molecule has 0 radical (unpaired) electrons. The Bertz CT molecular complexity index is 748. The largest absolute Gasteiger partial charge is 0.472 e. The lowest BCUT2D eigenvalue weighted by Gasteiger charge is -2.12. The van der Waals surface area contributed by atoms with E-state index in [-0.39, 0.29) is 26.4 Å². The minimum Gasteiger partial charge on any atom is -0.379 e. The van der Waals surface area contributed by atoms with E-state index in [0.29, 0.717) is 52.9 Å². The van der Waals surface area contributed by atoms with Crippen LogP contribution in [0.15, 0.2) is 0 Å². The Kier molecular flexibility index (Phi) is 52.1. The Morgan fingerprint density at radius 3 is 0.644 bits per heavy atom. The monoisotopic (exact) mass is 867 g/mol. The first-order valence-electron chi connectivity index (χ1n) is 25.2. The molecule has 0 saturated carbocycles. The second-order valence-corrected chi connectivity index (χ2v) is 17.9. The lowest BCUT2D eigenvalue weighted by molar-refractivity contribution is 0.000937. The maximum Gasteiger partial charge on any atom is 0.472 e. The molecular formula is C48H99O10P. The first-order chi connectivity index (χ1) is 29.1. The van der Waals surface area contributed by atoms with Gasteiger partial charge < -0.3 is 33.3 Å². The fourth-order valence-corrected chi connectivity index (χ4v) is 7.73. The van der Waals surface area contributed by atoms with Crippen molar-refractivity contribution in [3.05, 3.63) is 0 Å². The summed E-state index contributed by atoms with van der Waals surface area (Å²) in [4.78, 5) is 9.81. The van der Waals surface area contributed by atoms with Crippen molar-refractivity contribution in [3.8, 4) is 0 Å². The summed E-state index contributed by atoms with van der Waals surface area (Å²) >= 11 is 0. The van der Waals surface area contributed by atoms with Crippen LogP contribution in [0.2, 0.25) is 0 Å². The third-order valence-corrected chi connectivity index (χ3v) is 11.8. The lowest BCUT2D eigenvalue weighted by atomic mass is 10.0. The average Bonchev–Trinajstić information content (AvgIpc) is 3.23. The normalized spacial score (nSPS) is 12.0. The summed E-state index contributed by atoms with van der Waals surface area (Å²) < 4.78 is 55.1. The maximum atomic E-state index is 12.0. The highest BCUT2D eigenvalue weighted by atomic mass is 31.2. The van der Waals surface area contributed by atoms with Crippen molar-refractivity contribution in [3.63, 3.8) is 0 Å². The number of rotatable bonds is 54. The van der Waals surface area contributed by atoms with E-state index in [1.54, 1.807) is 0 Å². The van der Waals surface area contributed by atoms with Crippen LogP contribution in [0.25, 0.3) is 0 Å². The minimum atomic E-state index is -4.15. The molecule has 11 heteroatoms. The molecule has 0 spiro atoms. The molecule has 0 aromatic heterocycles. The van der Waals surface area contributed by atoms with Gasteiger partial charge in [0.15, 0.2) is 0 Å². The van der Waals surface area contributed by atoms with Gasteiger partial charge in [0, 0.05) is 13.2 Å². The van der Waals surface area contributed by atoms with E-state index < -0.39 is 7.82 Å². The van der Waals surface area contributed by atoms with Crippen LogP contribution >= 0.6 is 7.82 Å². The van der Waals surface area contributed by atoms with Crippen LogP contribution in [0.5, 0.6) is 0 Å². The Labute approximate surface area is 365 Å². The molecule has 0 fully saturated rings. The van der Waals surface area contributed by atoms with E-state index in [1.165, 1.54) is 193 Å². The van der Waals surface area contributed by atoms with E-state index in [9.17, 15) is 9.46 Å². The van der Waals surface area contributed by atoms with Crippen molar-refractivity contribution in [2.24, 2.45) is 0 Å². The lowest BCUT2D eigenvalue weighted by Crippen LogP contribution is -2.13. The van der Waals surface area contributed by atoms with Gasteiger partial charge in [-0.05, 0) is 12.8 Å². The Balaban J connectivity index is 3.23. The third kappa shape index (κ3) is 53.9. The van der Waals surface area contributed by atoms with Crippen molar-refractivity contribution in [1.82, 2.24) is 0 Å². The van der Waals surface area contributed by atoms with Gasteiger partial charge >= 0.3 is 7.82 Å². The van der Waals surface area contributed by atoms with Crippen molar-refractivity contribution < 1.29 is 46.9 Å². The Morgan fingerprint density at radius 1 is 0.254 bits per heavy atom. The van der Waals surface area contributed by atoms with Crippen molar-refractivity contribution in [2.45, 2.75) is 219 Å². The Hall–Kier alpha value is -0.130. The summed E-state index contributed by atoms with van der Waals surface area (Å²) in [5.74, 6) is 0. The molecule has 0 amide bonds. The molecule has 0 heterocycles. The standard InChI is InChI=1S/C48H99O10P/c1-3-5-7-9-11-13-15-17-19-21-23-25-27-29-31-33-35-51-37-39-53-41-43-55-45-47-57-59(49,50)58-48-46-56-44-42-54-40-38-52-36-34-32-30-28-26-24-22-20-18-16-14-12-10-8-6-4-2/h3-48H2,1-2H3,(H,49,50). The van der Waals surface area contributed by atoms with Gasteiger partial charge in [0.25, 0.3) is 0 Å². The fraction of sp³-hybridized carbons (Fsp3) is 1.00. The molecule has 0 atom stereocenters. The van der Waals surface area contributed by atoms with E-state index in [0.717, 1.165) is 26.1 Å². The molecule has 1 N–H and O–H groups in total. The highest BCUT2D eigenvalue weighted by Crippen LogP contribution is 2.42. The van der Waals surface area contributed by atoms with E-state index >= 15 is 0 Å². The first kappa shape index (κ1) is 58.9. The zero-order valence-electron chi connectivity index (χ0n) is 39.1. The second-order valence-electron chi connectivity index (χ2n) is 16.4. The molecule has 0 rings (SSSR count). The summed E-state index contributed by atoms with van der Waals surface area (Å²) in [6.45, 7) is 10.2. The molecule has 0 bridgehead atoms. The molecule has 0 aliphatic carbocycles. The van der Waals surface area contributed by atoms with Gasteiger partial charge in [-0.1, -0.05) is 206 Å². The number of phosphoric acid groups is 1. The van der Waals surface area contributed by atoms with Crippen LogP contribution in [0, 0.1) is 0 Å². The summed E-state index contributed by atoms with van der Waals surface area (Å²) in [7, 11) is -4.15. The van der Waals surface area contributed by atoms with Gasteiger partial charge in [-0.3, -0.25) is 9.05 Å². The van der Waals surface area contributed by atoms with Gasteiger partial charge in [-0.15, -0.1) is 0 Å². The number of hydrogen-bond donors (Lipinski definition) is 1. The quantitative estimate of drug-likeness (QED) is 0.0468. The maximum absolute atomic E-state index is 12.0. The van der Waals surface area contributed by atoms with Crippen LogP contribution in [0.1, 0.15) is 219 Å². The van der Waals surface area contributed by atoms with Crippen LogP contribution in [0.3, 0.4) is 0 Å². The first-order valence-corrected chi connectivity index (χ1v) is 26.7. The van der Waals surface area contributed by atoms with Gasteiger partial charge in [-0.2, -0.15) is 0 Å². The number of unbranched alkanes of at least 4 members (excludes halogenated alkanes) is 30. The van der Waals surface area contributed by atoms with Gasteiger partial charge in [0.05, 0.1) is 79.3 Å². The van der Waals surface area contributed by atoms with Crippen LogP contribution < -0.4 is 0 Å². The van der Waals surface area contributed by atoms with Crippen molar-refractivity contribution >= 4 is 7.82 Å². The highest BCUT2D eigenvalue weighted by molar-refractivity contribution is 7.47. The topological polar surface area (TPSA) is 111 Å². The van der Waals surface area contributed by atoms with Crippen molar-refractivity contribution in [2.75, 3.05) is 92.5 Å². The molecule has 0 aliphatic heterocycles. The zero-order chi connectivity index (χ0) is 42.7. The third-order valence-electron chi connectivity index (χ3n) is 10.7. The van der Waals surface area contributed by atoms with Gasteiger partial charge in [0.2, 0.25) is 0 Å². The molecule has 356 valence electrons. The van der Waals surface area contributed by atoms with E-state index in [4.69, 9.17) is 37.5 Å². The smallest absolute Gasteiger partial charge is 0.379 e.